The van der Waals surface area contributed by atoms with Gasteiger partial charge in [0.1, 0.15) is 5.75 Å². The third-order valence-electron chi connectivity index (χ3n) is 5.02. The predicted molar refractivity (Wildman–Crippen MR) is 101 cm³/mol. The Bertz CT molecular complexity index is 831. The van der Waals surface area contributed by atoms with Crippen molar-refractivity contribution in [2.75, 3.05) is 27.3 Å². The number of ether oxygens (including phenoxy) is 2. The van der Waals surface area contributed by atoms with E-state index in [4.69, 9.17) is 13.9 Å². The van der Waals surface area contributed by atoms with Gasteiger partial charge in [-0.3, -0.25) is 9.59 Å². The van der Waals surface area contributed by atoms with Crippen LogP contribution in [0.1, 0.15) is 44.9 Å². The molecule has 2 aromatic rings. The number of Topliss-reactive ketones (excluding diaryl/α,β-unsaturated/α-hetero) is 1. The number of piperidine rings is 1. The number of benzene rings is 1. The van der Waals surface area contributed by atoms with Gasteiger partial charge in [-0.2, -0.15) is 0 Å². The van der Waals surface area contributed by atoms with E-state index in [2.05, 4.69) is 0 Å². The molecule has 0 aliphatic carbocycles. The SMILES string of the molecule is COc1ccc(C(=O)N2CCCC(C(=O)c3cc(C)c(OC)c(C)c3)C2)o1. The lowest BCUT2D eigenvalue weighted by atomic mass is 9.88. The number of carbonyl (C=O) groups is 2. The van der Waals surface area contributed by atoms with Crippen LogP contribution >= 0.6 is 0 Å². The van der Waals surface area contributed by atoms with Crippen molar-refractivity contribution >= 4 is 11.7 Å². The van der Waals surface area contributed by atoms with Crippen LogP contribution in [0.25, 0.3) is 0 Å². The molecular formula is C21H25NO5. The first kappa shape index (κ1) is 19.0. The molecule has 1 saturated heterocycles. The van der Waals surface area contributed by atoms with Crippen molar-refractivity contribution in [1.82, 2.24) is 4.90 Å². The number of nitrogens with zero attached hydrogens (tertiary/aromatic N) is 1. The molecule has 0 radical (unpaired) electrons. The summed E-state index contributed by atoms with van der Waals surface area (Å²) in [5.74, 6) is 0.977. The first-order valence-corrected chi connectivity index (χ1v) is 9.07. The van der Waals surface area contributed by atoms with Gasteiger partial charge in [-0.15, -0.1) is 0 Å². The fourth-order valence-corrected chi connectivity index (χ4v) is 3.73. The van der Waals surface area contributed by atoms with E-state index in [0.29, 0.717) is 24.6 Å². The van der Waals surface area contributed by atoms with Gasteiger partial charge in [-0.1, -0.05) is 0 Å². The van der Waals surface area contributed by atoms with Crippen molar-refractivity contribution in [2.24, 2.45) is 5.92 Å². The highest BCUT2D eigenvalue weighted by molar-refractivity contribution is 5.99. The molecule has 27 heavy (non-hydrogen) atoms. The summed E-state index contributed by atoms with van der Waals surface area (Å²) in [6.45, 7) is 4.88. The van der Waals surface area contributed by atoms with Crippen LogP contribution in [0.5, 0.6) is 11.7 Å². The van der Waals surface area contributed by atoms with E-state index in [9.17, 15) is 9.59 Å². The smallest absolute Gasteiger partial charge is 0.289 e. The van der Waals surface area contributed by atoms with Gasteiger partial charge in [0.05, 0.1) is 14.2 Å². The van der Waals surface area contributed by atoms with Crippen molar-refractivity contribution in [3.05, 3.63) is 46.7 Å². The number of methoxy groups -OCH3 is 2. The average molecular weight is 371 g/mol. The van der Waals surface area contributed by atoms with Gasteiger partial charge >= 0.3 is 0 Å². The zero-order valence-corrected chi connectivity index (χ0v) is 16.2. The molecule has 144 valence electrons. The lowest BCUT2D eigenvalue weighted by Crippen LogP contribution is -2.42. The highest BCUT2D eigenvalue weighted by Gasteiger charge is 2.31. The van der Waals surface area contributed by atoms with Crippen LogP contribution in [0.3, 0.4) is 0 Å². The van der Waals surface area contributed by atoms with Crippen LogP contribution in [0.15, 0.2) is 28.7 Å². The number of ketones is 1. The van der Waals surface area contributed by atoms with Gasteiger partial charge in [0.2, 0.25) is 0 Å². The van der Waals surface area contributed by atoms with Gasteiger partial charge in [0.15, 0.2) is 11.5 Å². The third-order valence-corrected chi connectivity index (χ3v) is 5.02. The Morgan fingerprint density at radius 2 is 1.81 bits per heavy atom. The molecule has 1 fully saturated rings. The van der Waals surface area contributed by atoms with Crippen molar-refractivity contribution in [3.63, 3.8) is 0 Å². The van der Waals surface area contributed by atoms with Gasteiger partial charge in [-0.25, -0.2) is 0 Å². The fraction of sp³-hybridized carbons (Fsp3) is 0.429. The van der Waals surface area contributed by atoms with Crippen molar-refractivity contribution < 1.29 is 23.5 Å². The Morgan fingerprint density at radius 3 is 2.41 bits per heavy atom. The molecule has 3 rings (SSSR count). The maximum absolute atomic E-state index is 13.0. The van der Waals surface area contributed by atoms with Crippen LogP contribution in [0, 0.1) is 19.8 Å². The van der Waals surface area contributed by atoms with Crippen LogP contribution in [0.2, 0.25) is 0 Å². The monoisotopic (exact) mass is 371 g/mol. The quantitative estimate of drug-likeness (QED) is 0.751. The summed E-state index contributed by atoms with van der Waals surface area (Å²) in [6.07, 6.45) is 1.56. The van der Waals surface area contributed by atoms with Crippen LogP contribution in [0.4, 0.5) is 0 Å². The Hall–Kier alpha value is -2.76. The first-order chi connectivity index (χ1) is 12.9. The molecule has 6 heteroatoms. The average Bonchev–Trinajstić information content (AvgIpc) is 3.16. The number of furan rings is 1. The first-order valence-electron chi connectivity index (χ1n) is 9.07. The molecular weight excluding hydrogens is 346 g/mol. The zero-order chi connectivity index (χ0) is 19.6. The number of amides is 1. The minimum atomic E-state index is -0.216. The molecule has 1 amide bonds. The van der Waals surface area contributed by atoms with Gasteiger partial charge in [0.25, 0.3) is 11.9 Å². The number of aryl methyl sites for hydroxylation is 2. The highest BCUT2D eigenvalue weighted by Crippen LogP contribution is 2.28. The van der Waals surface area contributed by atoms with Crippen LogP contribution in [-0.2, 0) is 0 Å². The lowest BCUT2D eigenvalue weighted by Gasteiger charge is -2.31. The summed E-state index contributed by atoms with van der Waals surface area (Å²) in [5, 5.41) is 0. The molecule has 1 aliphatic heterocycles. The largest absolute Gasteiger partial charge is 0.496 e. The summed E-state index contributed by atoms with van der Waals surface area (Å²) < 4.78 is 15.7. The van der Waals surface area contributed by atoms with E-state index >= 15 is 0 Å². The zero-order valence-electron chi connectivity index (χ0n) is 16.2. The van der Waals surface area contributed by atoms with Crippen LogP contribution in [-0.4, -0.2) is 43.9 Å². The van der Waals surface area contributed by atoms with Gasteiger partial charge in [0, 0.05) is 30.6 Å². The molecule has 0 saturated carbocycles. The van der Waals surface area contributed by atoms with Crippen molar-refractivity contribution in [2.45, 2.75) is 26.7 Å². The Morgan fingerprint density at radius 1 is 1.11 bits per heavy atom. The topological polar surface area (TPSA) is 69.0 Å². The second-order valence-electron chi connectivity index (χ2n) is 6.92. The molecule has 1 aromatic carbocycles. The number of rotatable bonds is 5. The molecule has 0 bridgehead atoms. The maximum atomic E-state index is 13.0. The summed E-state index contributed by atoms with van der Waals surface area (Å²) in [4.78, 5) is 27.4. The van der Waals surface area contributed by atoms with Crippen molar-refractivity contribution in [1.29, 1.82) is 0 Å². The summed E-state index contributed by atoms with van der Waals surface area (Å²) in [5.41, 5.74) is 2.55. The lowest BCUT2D eigenvalue weighted by molar-refractivity contribution is 0.0605. The summed E-state index contributed by atoms with van der Waals surface area (Å²) in [7, 11) is 3.12. The van der Waals surface area contributed by atoms with Crippen molar-refractivity contribution in [3.8, 4) is 11.7 Å². The normalized spacial score (nSPS) is 16.9. The van der Waals surface area contributed by atoms with E-state index in [1.165, 1.54) is 7.11 Å². The second-order valence-corrected chi connectivity index (χ2v) is 6.92. The van der Waals surface area contributed by atoms with E-state index < -0.39 is 0 Å². The van der Waals surface area contributed by atoms with Crippen LogP contribution < -0.4 is 9.47 Å². The minimum absolute atomic E-state index is 0.0679. The van der Waals surface area contributed by atoms with E-state index in [0.717, 1.165) is 29.7 Å². The molecule has 1 aromatic heterocycles. The molecule has 0 spiro atoms. The fourth-order valence-electron chi connectivity index (χ4n) is 3.73. The van der Waals surface area contributed by atoms with Gasteiger partial charge < -0.3 is 18.8 Å². The Labute approximate surface area is 159 Å². The number of hydrogen-bond acceptors (Lipinski definition) is 5. The molecule has 1 aliphatic rings. The predicted octanol–water partition coefficient (Wildman–Crippen LogP) is 3.65. The number of hydrogen-bond donors (Lipinski definition) is 0. The number of likely N-dealkylation sites (tertiary alicyclic amines) is 1. The van der Waals surface area contributed by atoms with E-state index in [-0.39, 0.29) is 23.4 Å². The minimum Gasteiger partial charge on any atom is -0.496 e. The Kier molecular flexibility index (Phi) is 5.54. The maximum Gasteiger partial charge on any atom is 0.289 e. The second kappa shape index (κ2) is 7.86. The van der Waals surface area contributed by atoms with E-state index in [1.807, 2.05) is 26.0 Å². The molecule has 6 nitrogen and oxygen atoms in total. The summed E-state index contributed by atoms with van der Waals surface area (Å²) >= 11 is 0. The summed E-state index contributed by atoms with van der Waals surface area (Å²) in [6, 6.07) is 6.95. The third kappa shape index (κ3) is 3.84. The molecule has 2 heterocycles. The standard InChI is InChI=1S/C21H25NO5/c1-13-10-16(11-14(2)20(13)26-4)19(23)15-6-5-9-22(12-15)21(24)17-7-8-18(25-3)27-17/h7-8,10-11,15H,5-6,9,12H2,1-4H3. The Balaban J connectivity index is 1.75. The highest BCUT2D eigenvalue weighted by atomic mass is 16.6. The van der Waals surface area contributed by atoms with E-state index in [1.54, 1.807) is 24.1 Å². The van der Waals surface area contributed by atoms with Gasteiger partial charge in [-0.05, 0) is 56.0 Å². The molecule has 1 unspecified atom stereocenters. The molecule has 0 N–H and O–H groups in total. The molecule has 1 atom stereocenters. The number of carbonyl (C=O) groups excluding carboxylic acids is 2.